The lowest BCUT2D eigenvalue weighted by molar-refractivity contribution is -0.134. The van der Waals surface area contributed by atoms with Gasteiger partial charge in [0.1, 0.15) is 0 Å². The Morgan fingerprint density at radius 2 is 1.41 bits per heavy atom. The molecule has 0 bridgehead atoms. The van der Waals surface area contributed by atoms with Crippen molar-refractivity contribution in [2.75, 3.05) is 0 Å². The van der Waals surface area contributed by atoms with Gasteiger partial charge in [0.05, 0.1) is 5.56 Å². The number of aromatic amines is 1. The Morgan fingerprint density at radius 3 is 1.91 bits per heavy atom. The van der Waals surface area contributed by atoms with Crippen LogP contribution in [-0.4, -0.2) is 27.1 Å². The van der Waals surface area contributed by atoms with Gasteiger partial charge in [0, 0.05) is 18.6 Å². The van der Waals surface area contributed by atoms with Crippen LogP contribution >= 0.6 is 0 Å². The number of fused-ring (bicyclic) bond motifs is 1. The van der Waals surface area contributed by atoms with Crippen molar-refractivity contribution in [3.05, 3.63) is 72.4 Å². The second-order valence-corrected chi connectivity index (χ2v) is 4.26. The van der Waals surface area contributed by atoms with Gasteiger partial charge in [0.25, 0.3) is 5.97 Å². The average molecular weight is 299 g/mol. The molecule has 0 saturated heterocycles. The summed E-state index contributed by atoms with van der Waals surface area (Å²) in [5.41, 5.74) is 1.54. The van der Waals surface area contributed by atoms with E-state index in [9.17, 15) is 4.79 Å². The van der Waals surface area contributed by atoms with Crippen molar-refractivity contribution in [1.29, 1.82) is 0 Å². The number of nitrogens with one attached hydrogen (secondary N) is 1. The Bertz CT molecular complexity index is 685. The molecule has 0 saturated carbocycles. The summed E-state index contributed by atoms with van der Waals surface area (Å²) in [6.07, 6.45) is 1.95. The fraction of sp³-hybridized carbons (Fsp3) is 0.0588. The molecule has 22 heavy (non-hydrogen) atoms. The van der Waals surface area contributed by atoms with Gasteiger partial charge in [-0.15, -0.1) is 0 Å². The molecule has 0 aliphatic heterocycles. The van der Waals surface area contributed by atoms with Crippen molar-refractivity contribution in [3.8, 4) is 0 Å². The molecule has 3 rings (SSSR count). The molecule has 3 N–H and O–H groups in total. The predicted octanol–water partition coefficient (Wildman–Crippen LogP) is 3.64. The number of hydrogen-bond acceptors (Lipinski definition) is 2. The van der Waals surface area contributed by atoms with Crippen LogP contribution in [0.2, 0.25) is 0 Å². The summed E-state index contributed by atoms with van der Waals surface area (Å²) in [4.78, 5) is 22.3. The van der Waals surface area contributed by atoms with E-state index in [0.29, 0.717) is 5.56 Å². The molecule has 0 aliphatic carbocycles. The standard InChI is InChI=1S/C8H7N.C7H6O2.C2H4O2/c1-2-4-8-7(3-1)5-6-9-8;8-7(9)6-4-2-1-3-5-6;1-2(3)4/h1-6,9H;1-5H,(H,8,9);1H3,(H,3,4). The minimum Gasteiger partial charge on any atom is -0.481 e. The second-order valence-electron chi connectivity index (χ2n) is 4.26. The van der Waals surface area contributed by atoms with E-state index in [1.807, 2.05) is 18.3 Å². The maximum Gasteiger partial charge on any atom is 0.335 e. The van der Waals surface area contributed by atoms with Gasteiger partial charge in [0.2, 0.25) is 0 Å². The third kappa shape index (κ3) is 6.38. The highest BCUT2D eigenvalue weighted by molar-refractivity contribution is 5.87. The average Bonchev–Trinajstić information content (AvgIpc) is 2.96. The number of H-pyrrole nitrogens is 1. The number of carboxylic acids is 2. The Balaban J connectivity index is 0.000000179. The van der Waals surface area contributed by atoms with E-state index in [0.717, 1.165) is 6.92 Å². The zero-order valence-corrected chi connectivity index (χ0v) is 12.1. The van der Waals surface area contributed by atoms with Gasteiger partial charge < -0.3 is 15.2 Å². The molecular weight excluding hydrogens is 282 g/mol. The number of rotatable bonds is 1. The minimum atomic E-state index is -0.879. The Labute approximate surface area is 127 Å². The number of aromatic carboxylic acids is 1. The van der Waals surface area contributed by atoms with Gasteiger partial charge in [-0.3, -0.25) is 4.79 Å². The lowest BCUT2D eigenvalue weighted by atomic mass is 10.2. The van der Waals surface area contributed by atoms with Crippen LogP contribution in [0, 0.1) is 0 Å². The Morgan fingerprint density at radius 1 is 0.864 bits per heavy atom. The molecule has 0 radical (unpaired) electrons. The SMILES string of the molecule is CC(=O)O.O=C(O)c1ccccc1.c1ccc2[nH]ccc2c1. The molecule has 0 aliphatic rings. The summed E-state index contributed by atoms with van der Waals surface area (Å²) in [5, 5.41) is 17.1. The summed E-state index contributed by atoms with van der Waals surface area (Å²) in [5.74, 6) is -1.71. The molecule has 2 aromatic carbocycles. The van der Waals surface area contributed by atoms with Gasteiger partial charge >= 0.3 is 5.97 Å². The number of carbonyl (C=O) groups is 2. The number of para-hydroxylation sites is 1. The van der Waals surface area contributed by atoms with Crippen molar-refractivity contribution in [3.63, 3.8) is 0 Å². The molecule has 1 aromatic heterocycles. The summed E-state index contributed by atoms with van der Waals surface area (Å²) in [7, 11) is 0. The number of carboxylic acid groups (broad SMARTS) is 2. The monoisotopic (exact) mass is 299 g/mol. The zero-order chi connectivity index (χ0) is 16.4. The van der Waals surface area contributed by atoms with Crippen LogP contribution < -0.4 is 0 Å². The molecule has 5 nitrogen and oxygen atoms in total. The summed E-state index contributed by atoms with van der Waals surface area (Å²) in [6, 6.07) is 18.6. The van der Waals surface area contributed by atoms with Crippen molar-refractivity contribution in [2.45, 2.75) is 6.92 Å². The molecule has 3 aromatic rings. The van der Waals surface area contributed by atoms with E-state index in [2.05, 4.69) is 23.2 Å². The maximum absolute atomic E-state index is 10.2. The summed E-state index contributed by atoms with van der Waals surface area (Å²) >= 11 is 0. The van der Waals surface area contributed by atoms with E-state index in [-0.39, 0.29) is 0 Å². The molecule has 1 heterocycles. The molecule has 0 atom stereocenters. The fourth-order valence-electron chi connectivity index (χ4n) is 1.58. The third-order valence-corrected chi connectivity index (χ3v) is 2.48. The topological polar surface area (TPSA) is 90.4 Å². The lowest BCUT2D eigenvalue weighted by Crippen LogP contribution is -1.93. The first-order valence-electron chi connectivity index (χ1n) is 6.50. The lowest BCUT2D eigenvalue weighted by Gasteiger charge is -1.88. The van der Waals surface area contributed by atoms with E-state index < -0.39 is 11.9 Å². The highest BCUT2D eigenvalue weighted by Gasteiger charge is 1.96. The molecule has 0 unspecified atom stereocenters. The van der Waals surface area contributed by atoms with Crippen LogP contribution in [0.1, 0.15) is 17.3 Å². The van der Waals surface area contributed by atoms with Gasteiger partial charge in [-0.25, -0.2) is 4.79 Å². The first-order chi connectivity index (χ1) is 10.5. The maximum atomic E-state index is 10.2. The molecule has 5 heteroatoms. The van der Waals surface area contributed by atoms with Crippen LogP contribution in [-0.2, 0) is 4.79 Å². The molecular formula is C17H17NO4. The quantitative estimate of drug-likeness (QED) is 0.639. The highest BCUT2D eigenvalue weighted by atomic mass is 16.4. The minimum absolute atomic E-state index is 0.331. The first kappa shape index (κ1) is 17.0. The Hall–Kier alpha value is -3.08. The summed E-state index contributed by atoms with van der Waals surface area (Å²) in [6.45, 7) is 1.08. The highest BCUT2D eigenvalue weighted by Crippen LogP contribution is 2.09. The normalized spacial score (nSPS) is 8.95. The van der Waals surface area contributed by atoms with Gasteiger partial charge in [-0.2, -0.15) is 0 Å². The van der Waals surface area contributed by atoms with Crippen LogP contribution in [0.4, 0.5) is 0 Å². The van der Waals surface area contributed by atoms with Crippen molar-refractivity contribution >= 4 is 22.8 Å². The Kier molecular flexibility index (Phi) is 6.92. The molecule has 0 spiro atoms. The van der Waals surface area contributed by atoms with E-state index in [4.69, 9.17) is 15.0 Å². The molecule has 0 amide bonds. The van der Waals surface area contributed by atoms with Crippen LogP contribution in [0.5, 0.6) is 0 Å². The number of aromatic nitrogens is 1. The smallest absolute Gasteiger partial charge is 0.335 e. The summed E-state index contributed by atoms with van der Waals surface area (Å²) < 4.78 is 0. The van der Waals surface area contributed by atoms with Crippen LogP contribution in [0.15, 0.2) is 66.9 Å². The largest absolute Gasteiger partial charge is 0.481 e. The zero-order valence-electron chi connectivity index (χ0n) is 12.1. The van der Waals surface area contributed by atoms with Crippen molar-refractivity contribution in [2.24, 2.45) is 0 Å². The number of aliphatic carboxylic acids is 1. The fourth-order valence-corrected chi connectivity index (χ4v) is 1.58. The van der Waals surface area contributed by atoms with Gasteiger partial charge in [0.15, 0.2) is 0 Å². The van der Waals surface area contributed by atoms with Crippen LogP contribution in [0.3, 0.4) is 0 Å². The van der Waals surface area contributed by atoms with Crippen LogP contribution in [0.25, 0.3) is 10.9 Å². The van der Waals surface area contributed by atoms with Crippen molar-refractivity contribution in [1.82, 2.24) is 4.98 Å². The third-order valence-electron chi connectivity index (χ3n) is 2.48. The van der Waals surface area contributed by atoms with E-state index in [1.165, 1.54) is 10.9 Å². The van der Waals surface area contributed by atoms with Gasteiger partial charge in [-0.1, -0.05) is 36.4 Å². The van der Waals surface area contributed by atoms with Gasteiger partial charge in [-0.05, 0) is 29.7 Å². The van der Waals surface area contributed by atoms with Crippen molar-refractivity contribution < 1.29 is 19.8 Å². The molecule has 0 fully saturated rings. The second kappa shape index (κ2) is 8.97. The predicted molar refractivity (Wildman–Crippen MR) is 85.0 cm³/mol. The number of hydrogen-bond donors (Lipinski definition) is 3. The molecule has 114 valence electrons. The first-order valence-corrected chi connectivity index (χ1v) is 6.50. The van der Waals surface area contributed by atoms with E-state index in [1.54, 1.807) is 30.3 Å². The number of benzene rings is 2. The van der Waals surface area contributed by atoms with E-state index >= 15 is 0 Å².